The third-order valence-electron chi connectivity index (χ3n) is 5.09. The highest BCUT2D eigenvalue weighted by Gasteiger charge is 2.28. The van der Waals surface area contributed by atoms with Gasteiger partial charge in [-0.1, -0.05) is 18.2 Å². The van der Waals surface area contributed by atoms with E-state index in [1.54, 1.807) is 23.1 Å². The summed E-state index contributed by atoms with van der Waals surface area (Å²) in [6.45, 7) is 1.09. The van der Waals surface area contributed by atoms with Gasteiger partial charge in [0.25, 0.3) is 0 Å². The molecule has 1 amide bonds. The molecule has 1 aliphatic heterocycles. The van der Waals surface area contributed by atoms with E-state index >= 15 is 0 Å². The molecule has 150 valence electrons. The number of anilines is 2. The summed E-state index contributed by atoms with van der Waals surface area (Å²) >= 11 is 0. The highest BCUT2D eigenvalue weighted by Crippen LogP contribution is 2.34. The summed E-state index contributed by atoms with van der Waals surface area (Å²) in [7, 11) is 0. The Kier molecular flexibility index (Phi) is 5.44. The lowest BCUT2D eigenvalue weighted by molar-refractivity contribution is -0.130. The minimum atomic E-state index is -0.0562. The molecule has 1 fully saturated rings. The Morgan fingerprint density at radius 2 is 2.10 bits per heavy atom. The first-order valence-corrected chi connectivity index (χ1v) is 9.58. The Balaban J connectivity index is 1.61. The van der Waals surface area contributed by atoms with Crippen molar-refractivity contribution in [1.29, 1.82) is 0 Å². The van der Waals surface area contributed by atoms with Crippen LogP contribution in [0.3, 0.4) is 0 Å². The molecule has 3 aromatic rings. The molecule has 0 bridgehead atoms. The van der Waals surface area contributed by atoms with E-state index in [2.05, 4.69) is 15.3 Å². The fourth-order valence-corrected chi connectivity index (χ4v) is 3.64. The van der Waals surface area contributed by atoms with E-state index in [1.165, 1.54) is 6.33 Å². The number of carbonyl (C=O) groups excluding carboxylic acids is 1. The predicted octanol–water partition coefficient (Wildman–Crippen LogP) is 2.41. The van der Waals surface area contributed by atoms with Crippen molar-refractivity contribution in [3.8, 4) is 11.5 Å². The van der Waals surface area contributed by atoms with Gasteiger partial charge in [0.1, 0.15) is 30.3 Å². The molecule has 2 heterocycles. The molecular weight excluding hydrogens is 370 g/mol. The zero-order chi connectivity index (χ0) is 20.2. The number of benzene rings is 2. The maximum absolute atomic E-state index is 12.0. The lowest BCUT2D eigenvalue weighted by Crippen LogP contribution is -2.42. The number of nitrogens with two attached hydrogens (primary N) is 1. The molecule has 8 nitrogen and oxygen atoms in total. The van der Waals surface area contributed by atoms with Crippen LogP contribution in [-0.4, -0.2) is 51.6 Å². The molecular formula is C21H23N5O3. The minimum Gasteiger partial charge on any atom is -0.506 e. The second-order valence-electron chi connectivity index (χ2n) is 6.91. The van der Waals surface area contributed by atoms with E-state index in [9.17, 15) is 9.90 Å². The number of likely N-dealkylation sites (tertiary alicyclic amines) is 1. The van der Waals surface area contributed by atoms with E-state index in [1.807, 2.05) is 24.3 Å². The topological polar surface area (TPSA) is 114 Å². The van der Waals surface area contributed by atoms with Gasteiger partial charge in [-0.05, 0) is 37.1 Å². The molecule has 1 atom stereocenters. The van der Waals surface area contributed by atoms with Gasteiger partial charge in [0.15, 0.2) is 0 Å². The molecule has 8 heteroatoms. The van der Waals surface area contributed by atoms with Crippen molar-refractivity contribution in [3.05, 3.63) is 48.8 Å². The maximum Gasteiger partial charge on any atom is 0.236 e. The van der Waals surface area contributed by atoms with Gasteiger partial charge >= 0.3 is 0 Å². The Bertz CT molecular complexity index is 1020. The van der Waals surface area contributed by atoms with Crippen LogP contribution in [0.1, 0.15) is 12.8 Å². The average molecular weight is 393 g/mol. The smallest absolute Gasteiger partial charge is 0.236 e. The molecule has 1 aromatic heterocycles. The fourth-order valence-electron chi connectivity index (χ4n) is 3.64. The predicted molar refractivity (Wildman–Crippen MR) is 110 cm³/mol. The van der Waals surface area contributed by atoms with Crippen molar-refractivity contribution in [3.63, 3.8) is 0 Å². The molecule has 1 saturated heterocycles. The first kappa shape index (κ1) is 18.9. The molecule has 0 saturated carbocycles. The van der Waals surface area contributed by atoms with Crippen molar-refractivity contribution in [2.24, 2.45) is 5.73 Å². The Morgan fingerprint density at radius 1 is 1.24 bits per heavy atom. The number of fused-ring (bicyclic) bond motifs is 1. The Morgan fingerprint density at radius 3 is 2.93 bits per heavy atom. The highest BCUT2D eigenvalue weighted by molar-refractivity contribution is 5.96. The number of ether oxygens (including phenoxy) is 1. The number of aromatic hydroxyl groups is 1. The van der Waals surface area contributed by atoms with E-state index < -0.39 is 0 Å². The van der Waals surface area contributed by atoms with Crippen LogP contribution in [0, 0.1) is 0 Å². The fraction of sp³-hybridized carbons (Fsp3) is 0.286. The van der Waals surface area contributed by atoms with Crippen molar-refractivity contribution in [2.45, 2.75) is 18.9 Å². The zero-order valence-corrected chi connectivity index (χ0v) is 15.9. The highest BCUT2D eigenvalue weighted by atomic mass is 16.5. The van der Waals surface area contributed by atoms with Crippen LogP contribution in [0.15, 0.2) is 48.8 Å². The average Bonchev–Trinajstić information content (AvgIpc) is 3.22. The Hall–Kier alpha value is -3.39. The minimum absolute atomic E-state index is 0.000476. The van der Waals surface area contributed by atoms with Crippen LogP contribution in [0.25, 0.3) is 10.9 Å². The number of rotatable bonds is 6. The van der Waals surface area contributed by atoms with Crippen LogP contribution in [-0.2, 0) is 4.79 Å². The molecule has 2 aromatic carbocycles. The van der Waals surface area contributed by atoms with E-state index in [-0.39, 0.29) is 24.2 Å². The molecule has 0 unspecified atom stereocenters. The quantitative estimate of drug-likeness (QED) is 0.551. The summed E-state index contributed by atoms with van der Waals surface area (Å²) in [6, 6.07) is 12.5. The third kappa shape index (κ3) is 3.93. The van der Waals surface area contributed by atoms with Gasteiger partial charge in [0.05, 0.1) is 29.2 Å². The summed E-state index contributed by atoms with van der Waals surface area (Å²) in [4.78, 5) is 22.5. The van der Waals surface area contributed by atoms with Crippen molar-refractivity contribution >= 4 is 28.3 Å². The Labute approximate surface area is 168 Å². The second-order valence-corrected chi connectivity index (χ2v) is 6.91. The number of hydrogen-bond acceptors (Lipinski definition) is 7. The van der Waals surface area contributed by atoms with E-state index in [0.717, 1.165) is 18.4 Å². The van der Waals surface area contributed by atoms with Crippen molar-refractivity contribution < 1.29 is 14.6 Å². The van der Waals surface area contributed by atoms with Crippen LogP contribution in [0.4, 0.5) is 11.5 Å². The zero-order valence-electron chi connectivity index (χ0n) is 15.9. The number of phenols is 1. The summed E-state index contributed by atoms with van der Waals surface area (Å²) < 4.78 is 6.12. The number of nitrogens with one attached hydrogen (secondary N) is 1. The molecule has 0 spiro atoms. The third-order valence-corrected chi connectivity index (χ3v) is 5.09. The first-order chi connectivity index (χ1) is 14.2. The summed E-state index contributed by atoms with van der Waals surface area (Å²) in [5, 5.41) is 14.0. The molecule has 1 aliphatic rings. The number of phenolic OH excluding ortho intramolecular Hbond substituents is 1. The van der Waals surface area contributed by atoms with Crippen LogP contribution in [0.5, 0.6) is 11.5 Å². The van der Waals surface area contributed by atoms with Crippen LogP contribution < -0.4 is 15.8 Å². The monoisotopic (exact) mass is 393 g/mol. The van der Waals surface area contributed by atoms with Gasteiger partial charge < -0.3 is 25.8 Å². The van der Waals surface area contributed by atoms with Gasteiger partial charge in [-0.15, -0.1) is 0 Å². The number of hydrogen-bond donors (Lipinski definition) is 3. The van der Waals surface area contributed by atoms with E-state index in [4.69, 9.17) is 10.5 Å². The first-order valence-electron chi connectivity index (χ1n) is 9.58. The number of aromatic nitrogens is 2. The summed E-state index contributed by atoms with van der Waals surface area (Å²) in [6.07, 6.45) is 3.29. The van der Waals surface area contributed by atoms with Gasteiger partial charge in [0.2, 0.25) is 5.91 Å². The van der Waals surface area contributed by atoms with Gasteiger partial charge in [0, 0.05) is 6.54 Å². The number of para-hydroxylation sites is 2. The summed E-state index contributed by atoms with van der Waals surface area (Å²) in [5.74, 6) is 1.22. The SMILES string of the molecule is NCC(=O)N1CCC[C@@H]1COc1cccc2ncnc(Nc3ccccc3O)c12. The van der Waals surface area contributed by atoms with Crippen molar-refractivity contribution in [1.82, 2.24) is 14.9 Å². The standard InChI is InChI=1S/C21H23N5O3/c22-11-19(28)26-10-4-5-14(26)12-29-18-9-3-7-16-20(18)21(24-13-23-16)25-15-6-1-2-8-17(15)27/h1-3,6-9,13-14,27H,4-5,10-12,22H2,(H,23,24,25)/t14-/m1/s1. The number of carbonyl (C=O) groups is 1. The molecule has 0 radical (unpaired) electrons. The largest absolute Gasteiger partial charge is 0.506 e. The maximum atomic E-state index is 12.0. The van der Waals surface area contributed by atoms with Crippen LogP contribution >= 0.6 is 0 Å². The van der Waals surface area contributed by atoms with Crippen LogP contribution in [0.2, 0.25) is 0 Å². The van der Waals surface area contributed by atoms with Crippen molar-refractivity contribution in [2.75, 3.05) is 25.0 Å². The lowest BCUT2D eigenvalue weighted by Gasteiger charge is -2.24. The van der Waals surface area contributed by atoms with Gasteiger partial charge in [-0.25, -0.2) is 9.97 Å². The second kappa shape index (κ2) is 8.32. The molecule has 29 heavy (non-hydrogen) atoms. The lowest BCUT2D eigenvalue weighted by atomic mass is 10.2. The molecule has 4 N–H and O–H groups in total. The number of amides is 1. The number of nitrogens with zero attached hydrogens (tertiary/aromatic N) is 3. The molecule has 4 rings (SSSR count). The van der Waals surface area contributed by atoms with Gasteiger partial charge in [-0.3, -0.25) is 4.79 Å². The normalized spacial score (nSPS) is 16.2. The summed E-state index contributed by atoms with van der Waals surface area (Å²) in [5.41, 5.74) is 6.78. The van der Waals surface area contributed by atoms with E-state index in [0.29, 0.717) is 35.8 Å². The molecule has 0 aliphatic carbocycles. The van der Waals surface area contributed by atoms with Gasteiger partial charge in [-0.2, -0.15) is 0 Å².